The SMILES string of the molecule is CC(C)c1nc(-c2ccccn2)c(C(=O)O)s1. The van der Waals surface area contributed by atoms with Gasteiger partial charge in [0.05, 0.1) is 10.7 Å². The van der Waals surface area contributed by atoms with Crippen LogP contribution in [0.1, 0.15) is 34.4 Å². The highest BCUT2D eigenvalue weighted by Crippen LogP contribution is 2.30. The van der Waals surface area contributed by atoms with Crippen molar-refractivity contribution in [3.63, 3.8) is 0 Å². The fraction of sp³-hybridized carbons (Fsp3) is 0.250. The van der Waals surface area contributed by atoms with Crippen molar-refractivity contribution in [3.05, 3.63) is 34.3 Å². The van der Waals surface area contributed by atoms with Crippen LogP contribution in [0, 0.1) is 0 Å². The normalized spacial score (nSPS) is 10.8. The maximum absolute atomic E-state index is 11.2. The van der Waals surface area contributed by atoms with Crippen LogP contribution in [0.15, 0.2) is 24.4 Å². The van der Waals surface area contributed by atoms with Crippen LogP contribution in [0.2, 0.25) is 0 Å². The molecular weight excluding hydrogens is 236 g/mol. The van der Waals surface area contributed by atoms with Crippen LogP contribution >= 0.6 is 11.3 Å². The number of carbonyl (C=O) groups is 1. The molecule has 2 heterocycles. The summed E-state index contributed by atoms with van der Waals surface area (Å²) in [6.45, 7) is 3.99. The van der Waals surface area contributed by atoms with Gasteiger partial charge in [-0.1, -0.05) is 19.9 Å². The van der Waals surface area contributed by atoms with E-state index in [9.17, 15) is 4.79 Å². The van der Waals surface area contributed by atoms with Crippen molar-refractivity contribution in [3.8, 4) is 11.4 Å². The largest absolute Gasteiger partial charge is 0.477 e. The van der Waals surface area contributed by atoms with Crippen molar-refractivity contribution in [2.75, 3.05) is 0 Å². The van der Waals surface area contributed by atoms with Gasteiger partial charge in [-0.05, 0) is 12.1 Å². The maximum Gasteiger partial charge on any atom is 0.348 e. The highest BCUT2D eigenvalue weighted by molar-refractivity contribution is 7.14. The molecule has 2 rings (SSSR count). The summed E-state index contributed by atoms with van der Waals surface area (Å²) in [4.78, 5) is 20.0. The number of nitrogens with zero attached hydrogens (tertiary/aromatic N) is 2. The van der Waals surface area contributed by atoms with Gasteiger partial charge in [-0.3, -0.25) is 4.98 Å². The summed E-state index contributed by atoms with van der Waals surface area (Å²) in [6.07, 6.45) is 1.63. The minimum Gasteiger partial charge on any atom is -0.477 e. The lowest BCUT2D eigenvalue weighted by molar-refractivity contribution is 0.0702. The summed E-state index contributed by atoms with van der Waals surface area (Å²) in [5.41, 5.74) is 1.07. The molecule has 17 heavy (non-hydrogen) atoms. The zero-order valence-corrected chi connectivity index (χ0v) is 10.4. The van der Waals surface area contributed by atoms with E-state index in [1.54, 1.807) is 18.3 Å². The topological polar surface area (TPSA) is 63.1 Å². The first-order chi connectivity index (χ1) is 8.09. The number of carboxylic acids is 1. The Morgan fingerprint density at radius 1 is 1.41 bits per heavy atom. The van der Waals surface area contributed by atoms with Crippen LogP contribution in [0.25, 0.3) is 11.4 Å². The molecule has 0 spiro atoms. The molecular formula is C12H12N2O2S. The molecule has 0 aliphatic carbocycles. The maximum atomic E-state index is 11.2. The number of pyridine rings is 1. The number of hydrogen-bond acceptors (Lipinski definition) is 4. The van der Waals surface area contributed by atoms with Crippen LogP contribution < -0.4 is 0 Å². The molecule has 2 aromatic rings. The van der Waals surface area contributed by atoms with Gasteiger partial charge < -0.3 is 5.11 Å². The summed E-state index contributed by atoms with van der Waals surface area (Å²) in [6, 6.07) is 5.38. The minimum absolute atomic E-state index is 0.218. The molecule has 0 atom stereocenters. The second-order valence-electron chi connectivity index (χ2n) is 3.90. The van der Waals surface area contributed by atoms with E-state index in [2.05, 4.69) is 9.97 Å². The summed E-state index contributed by atoms with van der Waals surface area (Å²) in [7, 11) is 0. The highest BCUT2D eigenvalue weighted by atomic mass is 32.1. The molecule has 0 radical (unpaired) electrons. The van der Waals surface area contributed by atoms with E-state index in [-0.39, 0.29) is 10.8 Å². The van der Waals surface area contributed by atoms with Crippen LogP contribution in [-0.4, -0.2) is 21.0 Å². The third-order valence-electron chi connectivity index (χ3n) is 2.24. The molecule has 0 fully saturated rings. The van der Waals surface area contributed by atoms with E-state index in [0.29, 0.717) is 11.4 Å². The lowest BCUT2D eigenvalue weighted by Gasteiger charge is -1.97. The van der Waals surface area contributed by atoms with E-state index < -0.39 is 5.97 Å². The number of aromatic carboxylic acids is 1. The monoisotopic (exact) mass is 248 g/mol. The van der Waals surface area contributed by atoms with Crippen molar-refractivity contribution in [2.45, 2.75) is 19.8 Å². The molecule has 0 aliphatic rings. The number of hydrogen-bond donors (Lipinski definition) is 1. The molecule has 88 valence electrons. The lowest BCUT2D eigenvalue weighted by Crippen LogP contribution is -1.96. The zero-order valence-electron chi connectivity index (χ0n) is 9.54. The summed E-state index contributed by atoms with van der Waals surface area (Å²) in [5.74, 6) is -0.731. The Morgan fingerprint density at radius 3 is 2.71 bits per heavy atom. The van der Waals surface area contributed by atoms with Gasteiger partial charge in [0, 0.05) is 12.1 Å². The third kappa shape index (κ3) is 2.34. The van der Waals surface area contributed by atoms with Crippen molar-refractivity contribution >= 4 is 17.3 Å². The van der Waals surface area contributed by atoms with Gasteiger partial charge in [0.25, 0.3) is 0 Å². The fourth-order valence-corrected chi connectivity index (χ4v) is 2.32. The van der Waals surface area contributed by atoms with Crippen LogP contribution in [-0.2, 0) is 0 Å². The molecule has 1 N–H and O–H groups in total. The van der Waals surface area contributed by atoms with Gasteiger partial charge in [0.2, 0.25) is 0 Å². The number of thiazole rings is 1. The first-order valence-corrected chi connectivity index (χ1v) is 6.06. The van der Waals surface area contributed by atoms with Gasteiger partial charge in [-0.2, -0.15) is 0 Å². The molecule has 2 aromatic heterocycles. The lowest BCUT2D eigenvalue weighted by atomic mass is 10.2. The van der Waals surface area contributed by atoms with E-state index >= 15 is 0 Å². The van der Waals surface area contributed by atoms with E-state index in [4.69, 9.17) is 5.11 Å². The number of aromatic nitrogens is 2. The molecule has 0 unspecified atom stereocenters. The first-order valence-electron chi connectivity index (χ1n) is 5.25. The Kier molecular flexibility index (Phi) is 3.19. The van der Waals surface area contributed by atoms with Crippen LogP contribution in [0.3, 0.4) is 0 Å². The van der Waals surface area contributed by atoms with Gasteiger partial charge >= 0.3 is 5.97 Å². The number of carboxylic acid groups (broad SMARTS) is 1. The van der Waals surface area contributed by atoms with Crippen LogP contribution in [0.4, 0.5) is 0 Å². The second-order valence-corrected chi connectivity index (χ2v) is 4.94. The van der Waals surface area contributed by atoms with E-state index in [1.807, 2.05) is 19.9 Å². The summed E-state index contributed by atoms with van der Waals surface area (Å²) in [5, 5.41) is 9.99. The average Bonchev–Trinajstić information content (AvgIpc) is 2.75. The molecule has 4 nitrogen and oxygen atoms in total. The summed E-state index contributed by atoms with van der Waals surface area (Å²) >= 11 is 1.22. The predicted molar refractivity (Wildman–Crippen MR) is 66.4 cm³/mol. The predicted octanol–water partition coefficient (Wildman–Crippen LogP) is 3.03. The fourth-order valence-electron chi connectivity index (χ4n) is 1.41. The van der Waals surface area contributed by atoms with Crippen molar-refractivity contribution < 1.29 is 9.90 Å². The molecule has 0 aliphatic heterocycles. The Bertz CT molecular complexity index is 535. The van der Waals surface area contributed by atoms with E-state index in [1.165, 1.54) is 11.3 Å². The Hall–Kier alpha value is -1.75. The standard InChI is InChI=1S/C12H12N2O2S/c1-7(2)11-14-9(10(17-11)12(15)16)8-5-3-4-6-13-8/h3-7H,1-2H3,(H,15,16). The zero-order chi connectivity index (χ0) is 12.4. The van der Waals surface area contributed by atoms with Crippen molar-refractivity contribution in [1.29, 1.82) is 0 Å². The Morgan fingerprint density at radius 2 is 2.18 bits per heavy atom. The van der Waals surface area contributed by atoms with Gasteiger partial charge in [0.15, 0.2) is 0 Å². The molecule has 5 heteroatoms. The van der Waals surface area contributed by atoms with Crippen LogP contribution in [0.5, 0.6) is 0 Å². The molecule has 0 amide bonds. The quantitative estimate of drug-likeness (QED) is 0.906. The molecule has 0 aromatic carbocycles. The second kappa shape index (κ2) is 4.63. The van der Waals surface area contributed by atoms with Gasteiger partial charge in [-0.25, -0.2) is 9.78 Å². The minimum atomic E-state index is -0.949. The first kappa shape index (κ1) is 11.7. The van der Waals surface area contributed by atoms with E-state index in [0.717, 1.165) is 5.01 Å². The average molecular weight is 248 g/mol. The number of rotatable bonds is 3. The molecule has 0 saturated heterocycles. The Balaban J connectivity index is 2.56. The smallest absolute Gasteiger partial charge is 0.348 e. The van der Waals surface area contributed by atoms with Crippen molar-refractivity contribution in [1.82, 2.24) is 9.97 Å². The van der Waals surface area contributed by atoms with Gasteiger partial charge in [0.1, 0.15) is 10.6 Å². The van der Waals surface area contributed by atoms with Crippen molar-refractivity contribution in [2.24, 2.45) is 0 Å². The third-order valence-corrected chi connectivity index (χ3v) is 3.58. The summed E-state index contributed by atoms with van der Waals surface area (Å²) < 4.78 is 0. The highest BCUT2D eigenvalue weighted by Gasteiger charge is 2.20. The van der Waals surface area contributed by atoms with Gasteiger partial charge in [-0.15, -0.1) is 11.3 Å². The molecule has 0 bridgehead atoms. The molecule has 0 saturated carbocycles. The Labute approximate surface area is 103 Å².